The van der Waals surface area contributed by atoms with Gasteiger partial charge in [-0.2, -0.15) is 0 Å². The van der Waals surface area contributed by atoms with E-state index in [1.54, 1.807) is 43.4 Å². The molecule has 6 nitrogen and oxygen atoms in total. The van der Waals surface area contributed by atoms with Gasteiger partial charge in [0.2, 0.25) is 0 Å². The summed E-state index contributed by atoms with van der Waals surface area (Å²) in [5.74, 6) is 0.334. The molecule has 2 aromatic carbocycles. The van der Waals surface area contributed by atoms with Crippen LogP contribution in [0.5, 0.6) is 5.75 Å². The Bertz CT molecular complexity index is 761. The monoisotopic (exact) mass is 389 g/mol. The standard InChI is InChI=1S/C20H24ClN3O3/c1-14(2)23-20(26)24(3)17-8-10-18(11-9-17)27-13-19(25)22-12-15-4-6-16(21)7-5-15/h4-11,14H,12-13H2,1-3H3,(H,22,25)(H,23,26). The van der Waals surface area contributed by atoms with Gasteiger partial charge in [0.25, 0.3) is 5.91 Å². The number of amides is 3. The van der Waals surface area contributed by atoms with Crippen molar-refractivity contribution in [2.75, 3.05) is 18.6 Å². The molecular formula is C20H24ClN3O3. The Hall–Kier alpha value is -2.73. The van der Waals surface area contributed by atoms with Gasteiger partial charge in [0, 0.05) is 30.3 Å². The zero-order chi connectivity index (χ0) is 19.8. The van der Waals surface area contributed by atoms with Gasteiger partial charge in [-0.05, 0) is 55.8 Å². The lowest BCUT2D eigenvalue weighted by Gasteiger charge is -2.20. The van der Waals surface area contributed by atoms with Crippen molar-refractivity contribution in [2.45, 2.75) is 26.4 Å². The van der Waals surface area contributed by atoms with Crippen LogP contribution in [0.25, 0.3) is 0 Å². The van der Waals surface area contributed by atoms with Crippen molar-refractivity contribution < 1.29 is 14.3 Å². The van der Waals surface area contributed by atoms with Crippen molar-refractivity contribution >= 4 is 29.2 Å². The Labute approximate surface area is 164 Å². The maximum absolute atomic E-state index is 12.0. The Morgan fingerprint density at radius 1 is 1.07 bits per heavy atom. The Morgan fingerprint density at radius 3 is 2.30 bits per heavy atom. The third kappa shape index (κ3) is 6.83. The molecule has 0 saturated carbocycles. The van der Waals surface area contributed by atoms with E-state index in [1.165, 1.54) is 4.90 Å². The number of carbonyl (C=O) groups excluding carboxylic acids is 2. The molecule has 27 heavy (non-hydrogen) atoms. The highest BCUT2D eigenvalue weighted by molar-refractivity contribution is 6.30. The highest BCUT2D eigenvalue weighted by Gasteiger charge is 2.11. The van der Waals surface area contributed by atoms with E-state index in [4.69, 9.17) is 16.3 Å². The fourth-order valence-corrected chi connectivity index (χ4v) is 2.36. The summed E-state index contributed by atoms with van der Waals surface area (Å²) in [6, 6.07) is 14.1. The number of hydrogen-bond acceptors (Lipinski definition) is 3. The number of urea groups is 1. The smallest absolute Gasteiger partial charge is 0.321 e. The van der Waals surface area contributed by atoms with E-state index in [0.29, 0.717) is 17.3 Å². The average molecular weight is 390 g/mol. The molecule has 144 valence electrons. The zero-order valence-corrected chi connectivity index (χ0v) is 16.4. The van der Waals surface area contributed by atoms with Crippen LogP contribution in [0.4, 0.5) is 10.5 Å². The third-order valence-electron chi connectivity index (χ3n) is 3.71. The van der Waals surface area contributed by atoms with E-state index in [1.807, 2.05) is 26.0 Å². The summed E-state index contributed by atoms with van der Waals surface area (Å²) in [4.78, 5) is 25.4. The second kappa shape index (κ2) is 9.83. The normalized spacial score (nSPS) is 10.4. The van der Waals surface area contributed by atoms with Crippen LogP contribution in [0.15, 0.2) is 48.5 Å². The molecule has 0 heterocycles. The van der Waals surface area contributed by atoms with E-state index in [-0.39, 0.29) is 24.6 Å². The molecule has 7 heteroatoms. The summed E-state index contributed by atoms with van der Waals surface area (Å²) >= 11 is 5.83. The molecule has 0 unspecified atom stereocenters. The maximum Gasteiger partial charge on any atom is 0.321 e. The molecule has 0 aromatic heterocycles. The molecule has 0 atom stereocenters. The van der Waals surface area contributed by atoms with Gasteiger partial charge in [0.05, 0.1) is 0 Å². The summed E-state index contributed by atoms with van der Waals surface area (Å²) in [6.45, 7) is 4.13. The van der Waals surface area contributed by atoms with Crippen molar-refractivity contribution in [2.24, 2.45) is 0 Å². The molecule has 2 rings (SSSR count). The fraction of sp³-hybridized carbons (Fsp3) is 0.300. The number of halogens is 1. The molecule has 2 aromatic rings. The number of rotatable bonds is 7. The van der Waals surface area contributed by atoms with Gasteiger partial charge in [-0.1, -0.05) is 23.7 Å². The first-order valence-corrected chi connectivity index (χ1v) is 9.01. The first kappa shape index (κ1) is 20.6. The van der Waals surface area contributed by atoms with Crippen LogP contribution >= 0.6 is 11.6 Å². The SMILES string of the molecule is CC(C)NC(=O)N(C)c1ccc(OCC(=O)NCc2ccc(Cl)cc2)cc1. The topological polar surface area (TPSA) is 70.7 Å². The molecule has 0 radical (unpaired) electrons. The van der Waals surface area contributed by atoms with Crippen molar-refractivity contribution in [3.63, 3.8) is 0 Å². The minimum absolute atomic E-state index is 0.0638. The quantitative estimate of drug-likeness (QED) is 0.760. The average Bonchev–Trinajstić information content (AvgIpc) is 2.65. The second-order valence-electron chi connectivity index (χ2n) is 6.35. The summed E-state index contributed by atoms with van der Waals surface area (Å²) in [6.07, 6.45) is 0. The predicted octanol–water partition coefficient (Wildman–Crippen LogP) is 3.59. The second-order valence-corrected chi connectivity index (χ2v) is 6.79. The molecule has 0 bridgehead atoms. The summed E-state index contributed by atoms with van der Waals surface area (Å²) in [5.41, 5.74) is 1.69. The first-order chi connectivity index (χ1) is 12.8. The molecule has 2 N–H and O–H groups in total. The fourth-order valence-electron chi connectivity index (χ4n) is 2.23. The van der Waals surface area contributed by atoms with Gasteiger partial charge >= 0.3 is 6.03 Å². The van der Waals surface area contributed by atoms with Crippen molar-refractivity contribution in [1.29, 1.82) is 0 Å². The van der Waals surface area contributed by atoms with Crippen LogP contribution in [0.2, 0.25) is 5.02 Å². The van der Waals surface area contributed by atoms with E-state index in [9.17, 15) is 9.59 Å². The highest BCUT2D eigenvalue weighted by Crippen LogP contribution is 2.18. The van der Waals surface area contributed by atoms with Crippen molar-refractivity contribution in [3.05, 3.63) is 59.1 Å². The lowest BCUT2D eigenvalue weighted by Crippen LogP contribution is -2.40. The van der Waals surface area contributed by atoms with Crippen molar-refractivity contribution in [1.82, 2.24) is 10.6 Å². The molecule has 0 aliphatic heterocycles. The number of anilines is 1. The van der Waals surface area contributed by atoms with E-state index < -0.39 is 0 Å². The Kier molecular flexibility index (Phi) is 7.49. The van der Waals surface area contributed by atoms with Gasteiger partial charge in [-0.25, -0.2) is 4.79 Å². The summed E-state index contributed by atoms with van der Waals surface area (Å²) in [7, 11) is 1.69. The molecule has 0 spiro atoms. The number of benzene rings is 2. The zero-order valence-electron chi connectivity index (χ0n) is 15.7. The third-order valence-corrected chi connectivity index (χ3v) is 3.97. The highest BCUT2D eigenvalue weighted by atomic mass is 35.5. The molecule has 0 aliphatic carbocycles. The van der Waals surface area contributed by atoms with Crippen LogP contribution in [0.3, 0.4) is 0 Å². The van der Waals surface area contributed by atoms with E-state index >= 15 is 0 Å². The Balaban J connectivity index is 1.79. The number of hydrogen-bond donors (Lipinski definition) is 2. The van der Waals surface area contributed by atoms with E-state index in [2.05, 4.69) is 10.6 Å². The predicted molar refractivity (Wildman–Crippen MR) is 107 cm³/mol. The van der Waals surface area contributed by atoms with Gasteiger partial charge in [0.15, 0.2) is 6.61 Å². The Morgan fingerprint density at radius 2 is 1.70 bits per heavy atom. The van der Waals surface area contributed by atoms with Gasteiger partial charge < -0.3 is 15.4 Å². The molecule has 0 aliphatic rings. The molecule has 0 saturated heterocycles. The van der Waals surface area contributed by atoms with Gasteiger partial charge in [-0.15, -0.1) is 0 Å². The van der Waals surface area contributed by atoms with Gasteiger partial charge in [-0.3, -0.25) is 9.69 Å². The van der Waals surface area contributed by atoms with Crippen LogP contribution in [0.1, 0.15) is 19.4 Å². The lowest BCUT2D eigenvalue weighted by molar-refractivity contribution is -0.123. The van der Waals surface area contributed by atoms with Crippen LogP contribution in [-0.2, 0) is 11.3 Å². The van der Waals surface area contributed by atoms with Crippen LogP contribution < -0.4 is 20.3 Å². The van der Waals surface area contributed by atoms with Crippen LogP contribution in [-0.4, -0.2) is 31.6 Å². The number of nitrogens with one attached hydrogen (secondary N) is 2. The number of ether oxygens (including phenoxy) is 1. The lowest BCUT2D eigenvalue weighted by atomic mass is 10.2. The van der Waals surface area contributed by atoms with E-state index in [0.717, 1.165) is 11.3 Å². The summed E-state index contributed by atoms with van der Waals surface area (Å²) < 4.78 is 5.48. The van der Waals surface area contributed by atoms with Crippen molar-refractivity contribution in [3.8, 4) is 5.75 Å². The minimum atomic E-state index is -0.220. The molecule has 0 fully saturated rings. The number of nitrogens with zero attached hydrogens (tertiary/aromatic N) is 1. The summed E-state index contributed by atoms with van der Waals surface area (Å²) in [5, 5.41) is 6.26. The number of carbonyl (C=O) groups is 2. The minimum Gasteiger partial charge on any atom is -0.484 e. The largest absolute Gasteiger partial charge is 0.484 e. The maximum atomic E-state index is 12.0. The van der Waals surface area contributed by atoms with Crippen LogP contribution in [0, 0.1) is 0 Å². The first-order valence-electron chi connectivity index (χ1n) is 8.63. The molecular weight excluding hydrogens is 366 g/mol. The van der Waals surface area contributed by atoms with Gasteiger partial charge in [0.1, 0.15) is 5.75 Å². The molecule has 3 amide bonds.